The summed E-state index contributed by atoms with van der Waals surface area (Å²) in [6, 6.07) is 4.80. The van der Waals surface area contributed by atoms with Gasteiger partial charge in [-0.25, -0.2) is 4.39 Å². The maximum Gasteiger partial charge on any atom is 0.159 e. The number of methoxy groups -OCH3 is 2. The van der Waals surface area contributed by atoms with E-state index in [4.69, 9.17) is 9.47 Å². The summed E-state index contributed by atoms with van der Waals surface area (Å²) in [7, 11) is 2.95. The first-order chi connectivity index (χ1) is 7.92. The van der Waals surface area contributed by atoms with Crippen molar-refractivity contribution in [1.29, 1.82) is 0 Å². The Morgan fingerprint density at radius 2 is 2.00 bits per heavy atom. The van der Waals surface area contributed by atoms with E-state index in [1.807, 2.05) is 0 Å². The van der Waals surface area contributed by atoms with Gasteiger partial charge in [-0.05, 0) is 28.9 Å². The number of aliphatic hydroxyl groups is 1. The first-order valence-electron chi connectivity index (χ1n) is 5.15. The first-order valence-corrected chi connectivity index (χ1v) is 5.94. The van der Waals surface area contributed by atoms with Gasteiger partial charge >= 0.3 is 0 Å². The van der Waals surface area contributed by atoms with E-state index in [-0.39, 0.29) is 12.0 Å². The topological polar surface area (TPSA) is 38.7 Å². The monoisotopic (exact) mass is 306 g/mol. The molecule has 0 bridgehead atoms. The van der Waals surface area contributed by atoms with E-state index in [9.17, 15) is 9.50 Å². The third-order valence-electron chi connectivity index (χ3n) is 2.62. The van der Waals surface area contributed by atoms with Gasteiger partial charge in [-0.3, -0.25) is 0 Å². The van der Waals surface area contributed by atoms with Gasteiger partial charge in [0, 0.05) is 26.2 Å². The Morgan fingerprint density at radius 3 is 2.53 bits per heavy atom. The molecule has 0 amide bonds. The molecule has 1 aromatic carbocycles. The smallest absolute Gasteiger partial charge is 0.159 e. The van der Waals surface area contributed by atoms with E-state index in [2.05, 4.69) is 15.9 Å². The molecule has 17 heavy (non-hydrogen) atoms. The van der Waals surface area contributed by atoms with Gasteiger partial charge in [-0.15, -0.1) is 0 Å². The average molecular weight is 307 g/mol. The molecule has 0 spiro atoms. The summed E-state index contributed by atoms with van der Waals surface area (Å²) in [5.41, 5.74) is -1.14. The van der Waals surface area contributed by atoms with Crippen molar-refractivity contribution in [2.45, 2.75) is 25.2 Å². The van der Waals surface area contributed by atoms with Gasteiger partial charge in [0.1, 0.15) is 5.82 Å². The molecule has 0 heterocycles. The summed E-state index contributed by atoms with van der Waals surface area (Å²) in [4.78, 5) is 0. The highest BCUT2D eigenvalue weighted by atomic mass is 79.9. The summed E-state index contributed by atoms with van der Waals surface area (Å²) < 4.78 is 24.2. The Kier molecular flexibility index (Phi) is 5.06. The van der Waals surface area contributed by atoms with E-state index < -0.39 is 17.7 Å². The van der Waals surface area contributed by atoms with Gasteiger partial charge in [0.25, 0.3) is 0 Å². The van der Waals surface area contributed by atoms with Crippen LogP contribution < -0.4 is 0 Å². The third-order valence-corrected chi connectivity index (χ3v) is 3.23. The van der Waals surface area contributed by atoms with Gasteiger partial charge < -0.3 is 14.6 Å². The van der Waals surface area contributed by atoms with E-state index >= 15 is 0 Å². The molecule has 1 N–H and O–H groups in total. The molecule has 96 valence electrons. The van der Waals surface area contributed by atoms with Crippen molar-refractivity contribution in [2.75, 3.05) is 14.2 Å². The molecule has 0 fully saturated rings. The van der Waals surface area contributed by atoms with E-state index in [1.165, 1.54) is 21.1 Å². The molecule has 1 rings (SSSR count). The molecular weight excluding hydrogens is 291 g/mol. The fourth-order valence-corrected chi connectivity index (χ4v) is 1.98. The Balaban J connectivity index is 3.00. The molecule has 5 heteroatoms. The maximum atomic E-state index is 13.9. The second-order valence-corrected chi connectivity index (χ2v) is 4.83. The van der Waals surface area contributed by atoms with Gasteiger partial charge in [-0.1, -0.05) is 12.1 Å². The van der Waals surface area contributed by atoms with Crippen molar-refractivity contribution in [2.24, 2.45) is 0 Å². The van der Waals surface area contributed by atoms with Gasteiger partial charge in [-0.2, -0.15) is 0 Å². The Labute approximate surface area is 109 Å². The lowest BCUT2D eigenvalue weighted by Gasteiger charge is -2.28. The first kappa shape index (κ1) is 14.6. The zero-order valence-electron chi connectivity index (χ0n) is 10.0. The third kappa shape index (κ3) is 3.48. The zero-order valence-corrected chi connectivity index (χ0v) is 11.6. The highest BCUT2D eigenvalue weighted by molar-refractivity contribution is 9.10. The van der Waals surface area contributed by atoms with Crippen LogP contribution in [0.1, 0.15) is 18.9 Å². The van der Waals surface area contributed by atoms with Gasteiger partial charge in [0.2, 0.25) is 0 Å². The van der Waals surface area contributed by atoms with Crippen LogP contribution >= 0.6 is 15.9 Å². The lowest BCUT2D eigenvalue weighted by atomic mass is 9.92. The second kappa shape index (κ2) is 5.91. The lowest BCUT2D eigenvalue weighted by molar-refractivity contribution is -0.142. The molecule has 1 atom stereocenters. The summed E-state index contributed by atoms with van der Waals surface area (Å²) in [5, 5.41) is 10.3. The number of hydrogen-bond acceptors (Lipinski definition) is 3. The second-order valence-electron chi connectivity index (χ2n) is 3.98. The highest BCUT2D eigenvalue weighted by Gasteiger charge is 2.31. The van der Waals surface area contributed by atoms with E-state index in [0.29, 0.717) is 4.47 Å². The van der Waals surface area contributed by atoms with Crippen LogP contribution in [0.5, 0.6) is 0 Å². The molecule has 1 unspecified atom stereocenters. The minimum Gasteiger partial charge on any atom is -0.385 e. The summed E-state index contributed by atoms with van der Waals surface area (Å²) in [6.45, 7) is 1.53. The Bertz CT molecular complexity index is 378. The van der Waals surface area contributed by atoms with Crippen LogP contribution in [-0.2, 0) is 15.1 Å². The van der Waals surface area contributed by atoms with Crippen LogP contribution in [0.2, 0.25) is 0 Å². The summed E-state index contributed by atoms with van der Waals surface area (Å²) in [5.74, 6) is -0.469. The van der Waals surface area contributed by atoms with Crippen molar-refractivity contribution in [1.82, 2.24) is 0 Å². The molecule has 0 radical (unpaired) electrons. The lowest BCUT2D eigenvalue weighted by Crippen LogP contribution is -2.30. The highest BCUT2D eigenvalue weighted by Crippen LogP contribution is 2.31. The number of benzene rings is 1. The molecule has 0 aliphatic rings. The Morgan fingerprint density at radius 1 is 1.41 bits per heavy atom. The van der Waals surface area contributed by atoms with Crippen molar-refractivity contribution in [3.63, 3.8) is 0 Å². The zero-order chi connectivity index (χ0) is 13.1. The minimum absolute atomic E-state index is 0.146. The number of rotatable bonds is 5. The largest absolute Gasteiger partial charge is 0.385 e. The van der Waals surface area contributed by atoms with Crippen LogP contribution in [0, 0.1) is 5.82 Å². The quantitative estimate of drug-likeness (QED) is 0.850. The summed E-state index contributed by atoms with van der Waals surface area (Å²) >= 11 is 3.09. The summed E-state index contributed by atoms with van der Waals surface area (Å²) in [6.07, 6.45) is -0.434. The molecular formula is C12H16BrFO3. The molecule has 3 nitrogen and oxygen atoms in total. The molecule has 0 aliphatic heterocycles. The average Bonchev–Trinajstić information content (AvgIpc) is 2.29. The maximum absolute atomic E-state index is 13.9. The van der Waals surface area contributed by atoms with Crippen molar-refractivity contribution >= 4 is 15.9 Å². The standard InChI is InChI=1S/C12H16BrFO3/c1-12(15,7-10(16-2)17-3)8-5-4-6-9(13)11(8)14/h4-6,10,15H,7H2,1-3H3. The van der Waals surface area contributed by atoms with Crippen LogP contribution in [0.4, 0.5) is 4.39 Å². The number of halogens is 2. The van der Waals surface area contributed by atoms with Gasteiger partial charge in [0.05, 0.1) is 10.1 Å². The van der Waals surface area contributed by atoms with Crippen molar-refractivity contribution in [3.8, 4) is 0 Å². The van der Waals surface area contributed by atoms with Crippen molar-refractivity contribution in [3.05, 3.63) is 34.1 Å². The molecule has 1 aromatic rings. The predicted molar refractivity (Wildman–Crippen MR) is 66.1 cm³/mol. The SMILES string of the molecule is COC(CC(C)(O)c1cccc(Br)c1F)OC. The van der Waals surface area contributed by atoms with Crippen molar-refractivity contribution < 1.29 is 19.0 Å². The Hall–Kier alpha value is -0.490. The molecule has 0 aliphatic carbocycles. The van der Waals surface area contributed by atoms with Crippen LogP contribution in [-0.4, -0.2) is 25.6 Å². The van der Waals surface area contributed by atoms with Crippen LogP contribution in [0.25, 0.3) is 0 Å². The predicted octanol–water partition coefficient (Wildman–Crippen LogP) is 2.80. The van der Waals surface area contributed by atoms with E-state index in [0.717, 1.165) is 0 Å². The number of ether oxygens (including phenoxy) is 2. The van der Waals surface area contributed by atoms with Crippen LogP contribution in [0.3, 0.4) is 0 Å². The molecule has 0 aromatic heterocycles. The minimum atomic E-state index is -1.36. The fourth-order valence-electron chi connectivity index (χ4n) is 1.62. The fraction of sp³-hybridized carbons (Fsp3) is 0.500. The molecule has 0 saturated heterocycles. The normalized spacial score (nSPS) is 15.0. The van der Waals surface area contributed by atoms with Gasteiger partial charge in [0.15, 0.2) is 6.29 Å². The number of hydrogen-bond donors (Lipinski definition) is 1. The molecule has 0 saturated carbocycles. The van der Waals surface area contributed by atoms with Crippen LogP contribution in [0.15, 0.2) is 22.7 Å². The van der Waals surface area contributed by atoms with E-state index in [1.54, 1.807) is 18.2 Å².